The molecule has 0 spiro atoms. The molecule has 2 atom stereocenters. The van der Waals surface area contributed by atoms with E-state index in [0.29, 0.717) is 11.6 Å². The van der Waals surface area contributed by atoms with Crippen LogP contribution in [-0.2, 0) is 6.54 Å². The lowest BCUT2D eigenvalue weighted by atomic mass is 10.1. The fourth-order valence-electron chi connectivity index (χ4n) is 2.81. The van der Waals surface area contributed by atoms with Crippen molar-refractivity contribution in [3.8, 4) is 11.1 Å². The number of aliphatic hydroxyl groups excluding tert-OH is 2. The van der Waals surface area contributed by atoms with Crippen molar-refractivity contribution in [2.24, 2.45) is 0 Å². The summed E-state index contributed by atoms with van der Waals surface area (Å²) in [7, 11) is 0. The zero-order chi connectivity index (χ0) is 20.3. The Morgan fingerprint density at radius 1 is 1.25 bits per heavy atom. The second-order valence-corrected chi connectivity index (χ2v) is 7.28. The van der Waals surface area contributed by atoms with Crippen LogP contribution in [0, 0.1) is 6.92 Å². The molecule has 3 rings (SSSR count). The van der Waals surface area contributed by atoms with E-state index >= 15 is 0 Å². The zero-order valence-corrected chi connectivity index (χ0v) is 16.2. The van der Waals surface area contributed by atoms with Crippen molar-refractivity contribution in [1.29, 1.82) is 0 Å². The molecule has 0 saturated carbocycles. The highest BCUT2D eigenvalue weighted by atomic mass is 16.3. The van der Waals surface area contributed by atoms with Crippen LogP contribution in [0.4, 0.5) is 11.6 Å². The average molecular weight is 383 g/mol. The number of aliphatic hydroxyl groups is 3. The van der Waals surface area contributed by atoms with E-state index in [1.165, 1.54) is 0 Å². The van der Waals surface area contributed by atoms with Gasteiger partial charge in [0, 0.05) is 23.6 Å². The molecule has 0 aliphatic carbocycles. The Morgan fingerprint density at radius 3 is 2.75 bits per heavy atom. The van der Waals surface area contributed by atoms with E-state index in [1.807, 2.05) is 31.3 Å². The average Bonchev–Trinajstić information content (AvgIpc) is 3.09. The molecular weight excluding hydrogens is 358 g/mol. The Bertz CT molecular complexity index is 953. The smallest absolute Gasteiger partial charge is 0.227 e. The van der Waals surface area contributed by atoms with Gasteiger partial charge in [-0.15, -0.1) is 0 Å². The lowest BCUT2D eigenvalue weighted by molar-refractivity contribution is -0.0145. The predicted octanol–water partition coefficient (Wildman–Crippen LogP) is 2.19. The Hall–Kier alpha value is -2.81. The van der Waals surface area contributed by atoms with E-state index in [9.17, 15) is 15.3 Å². The number of benzene rings is 1. The van der Waals surface area contributed by atoms with E-state index in [4.69, 9.17) is 0 Å². The monoisotopic (exact) mass is 383 g/mol. The van der Waals surface area contributed by atoms with Gasteiger partial charge in [-0.1, -0.05) is 6.07 Å². The summed E-state index contributed by atoms with van der Waals surface area (Å²) in [4.78, 5) is 8.52. The number of nitrogens with one attached hydrogen (secondary N) is 1. The quantitative estimate of drug-likeness (QED) is 0.494. The molecule has 8 nitrogen and oxygen atoms in total. The first-order valence-corrected chi connectivity index (χ1v) is 9.01. The van der Waals surface area contributed by atoms with Gasteiger partial charge < -0.3 is 20.6 Å². The van der Waals surface area contributed by atoms with Crippen molar-refractivity contribution in [3.05, 3.63) is 54.1 Å². The molecular formula is C20H25N5O3. The van der Waals surface area contributed by atoms with Crippen LogP contribution in [0.5, 0.6) is 0 Å². The summed E-state index contributed by atoms with van der Waals surface area (Å²) in [5, 5.41) is 36.4. The van der Waals surface area contributed by atoms with Crippen molar-refractivity contribution in [2.75, 3.05) is 11.9 Å². The second kappa shape index (κ2) is 8.05. The Morgan fingerprint density at radius 2 is 2.04 bits per heavy atom. The van der Waals surface area contributed by atoms with Gasteiger partial charge in [0.1, 0.15) is 5.60 Å². The third kappa shape index (κ3) is 4.92. The van der Waals surface area contributed by atoms with Gasteiger partial charge in [0.2, 0.25) is 5.95 Å². The van der Waals surface area contributed by atoms with Crippen LogP contribution in [-0.4, -0.2) is 47.3 Å². The minimum Gasteiger partial charge on any atom is -0.393 e. The zero-order valence-electron chi connectivity index (χ0n) is 16.2. The van der Waals surface area contributed by atoms with Crippen LogP contribution in [0.25, 0.3) is 11.1 Å². The largest absolute Gasteiger partial charge is 0.393 e. The summed E-state index contributed by atoms with van der Waals surface area (Å²) in [6.45, 7) is 5.06. The van der Waals surface area contributed by atoms with Crippen molar-refractivity contribution in [2.45, 2.75) is 39.0 Å². The van der Waals surface area contributed by atoms with Crippen molar-refractivity contribution >= 4 is 11.6 Å². The molecule has 0 saturated heterocycles. The number of hydrogen-bond donors (Lipinski definition) is 4. The number of aromatic nitrogens is 4. The first-order chi connectivity index (χ1) is 13.3. The predicted molar refractivity (Wildman–Crippen MR) is 106 cm³/mol. The molecule has 2 aromatic heterocycles. The van der Waals surface area contributed by atoms with Gasteiger partial charge >= 0.3 is 0 Å². The molecule has 28 heavy (non-hydrogen) atoms. The fraction of sp³-hybridized carbons (Fsp3) is 0.350. The van der Waals surface area contributed by atoms with Crippen LogP contribution in [0.15, 0.2) is 42.9 Å². The molecule has 0 amide bonds. The molecule has 4 N–H and O–H groups in total. The lowest BCUT2D eigenvalue weighted by Gasteiger charge is -2.19. The van der Waals surface area contributed by atoms with Crippen LogP contribution in [0.1, 0.15) is 31.2 Å². The summed E-state index contributed by atoms with van der Waals surface area (Å²) in [6.07, 6.45) is 4.48. The standard InChI is InChI=1S/C20H25N5O3/c1-13-6-15(16-9-22-25(10-16)11-20(3,28)12-26)8-17(7-13)23-19-21-5-4-18(24-19)14(2)27/h4-10,14,26-28H,11-12H2,1-3H3,(H,21,23,24)/t14?,20-/m0/s1. The molecule has 0 fully saturated rings. The van der Waals surface area contributed by atoms with E-state index in [1.54, 1.807) is 37.0 Å². The van der Waals surface area contributed by atoms with Gasteiger partial charge in [-0.2, -0.15) is 5.10 Å². The number of anilines is 2. The highest BCUT2D eigenvalue weighted by Gasteiger charge is 2.20. The van der Waals surface area contributed by atoms with Gasteiger partial charge in [0.25, 0.3) is 0 Å². The van der Waals surface area contributed by atoms with Gasteiger partial charge in [-0.05, 0) is 50.1 Å². The lowest BCUT2D eigenvalue weighted by Crippen LogP contribution is -2.34. The van der Waals surface area contributed by atoms with Crippen LogP contribution in [0.3, 0.4) is 0 Å². The summed E-state index contributed by atoms with van der Waals surface area (Å²) in [5.74, 6) is 0.407. The highest BCUT2D eigenvalue weighted by molar-refractivity contribution is 5.70. The molecule has 0 aliphatic rings. The second-order valence-electron chi connectivity index (χ2n) is 7.28. The van der Waals surface area contributed by atoms with Gasteiger partial charge in [-0.25, -0.2) is 9.97 Å². The molecule has 8 heteroatoms. The molecule has 3 aromatic rings. The first-order valence-electron chi connectivity index (χ1n) is 9.01. The van der Waals surface area contributed by atoms with Gasteiger partial charge in [0.15, 0.2) is 0 Å². The molecule has 2 heterocycles. The number of hydrogen-bond acceptors (Lipinski definition) is 7. The summed E-state index contributed by atoms with van der Waals surface area (Å²) < 4.78 is 1.61. The normalized spacial score (nSPS) is 14.5. The highest BCUT2D eigenvalue weighted by Crippen LogP contribution is 2.26. The van der Waals surface area contributed by atoms with E-state index in [0.717, 1.165) is 22.4 Å². The molecule has 1 unspecified atom stereocenters. The maximum Gasteiger partial charge on any atom is 0.227 e. The van der Waals surface area contributed by atoms with E-state index < -0.39 is 11.7 Å². The third-order valence-electron chi connectivity index (χ3n) is 4.25. The fourth-order valence-corrected chi connectivity index (χ4v) is 2.81. The minimum atomic E-state index is -1.23. The third-order valence-corrected chi connectivity index (χ3v) is 4.25. The number of rotatable bonds is 7. The topological polar surface area (TPSA) is 116 Å². The number of aryl methyl sites for hydroxylation is 1. The Balaban J connectivity index is 1.84. The molecule has 1 aromatic carbocycles. The Labute approximate surface area is 163 Å². The van der Waals surface area contributed by atoms with Gasteiger partial charge in [0.05, 0.1) is 31.1 Å². The maximum atomic E-state index is 10.0. The van der Waals surface area contributed by atoms with Crippen molar-refractivity contribution < 1.29 is 15.3 Å². The summed E-state index contributed by atoms with van der Waals surface area (Å²) in [6, 6.07) is 7.64. The molecule has 0 radical (unpaired) electrons. The SMILES string of the molecule is Cc1cc(Nc2nccc(C(C)O)n2)cc(-c2cnn(C[C@](C)(O)CO)c2)c1. The van der Waals surface area contributed by atoms with Crippen LogP contribution in [0.2, 0.25) is 0 Å². The van der Waals surface area contributed by atoms with Crippen LogP contribution >= 0.6 is 0 Å². The van der Waals surface area contributed by atoms with E-state index in [-0.39, 0.29) is 13.2 Å². The summed E-state index contributed by atoms with van der Waals surface area (Å²) in [5.41, 5.74) is 3.01. The summed E-state index contributed by atoms with van der Waals surface area (Å²) >= 11 is 0. The van der Waals surface area contributed by atoms with Gasteiger partial charge in [-0.3, -0.25) is 4.68 Å². The molecule has 148 valence electrons. The van der Waals surface area contributed by atoms with Crippen molar-refractivity contribution in [1.82, 2.24) is 19.7 Å². The Kier molecular flexibility index (Phi) is 5.73. The number of nitrogens with zero attached hydrogens (tertiary/aromatic N) is 4. The molecule has 0 aliphatic heterocycles. The van der Waals surface area contributed by atoms with Crippen LogP contribution < -0.4 is 5.32 Å². The van der Waals surface area contributed by atoms with E-state index in [2.05, 4.69) is 20.4 Å². The maximum absolute atomic E-state index is 10.0. The minimum absolute atomic E-state index is 0.195. The first kappa shape index (κ1) is 19.9. The van der Waals surface area contributed by atoms with Crippen molar-refractivity contribution in [3.63, 3.8) is 0 Å². The molecule has 0 bridgehead atoms.